The lowest BCUT2D eigenvalue weighted by Gasteiger charge is -2.46. The first-order chi connectivity index (χ1) is 17.1. The van der Waals surface area contributed by atoms with Crippen LogP contribution in [0.15, 0.2) is 47.8 Å². The molecule has 4 atom stereocenters. The average Bonchev–Trinajstić information content (AvgIpc) is 3.50. The minimum atomic E-state index is -4.17. The molecule has 0 saturated carbocycles. The molecule has 2 N–H and O–H groups in total. The molecule has 0 spiro atoms. The highest BCUT2D eigenvalue weighted by molar-refractivity contribution is 7.94. The van der Waals surface area contributed by atoms with E-state index in [9.17, 15) is 28.6 Å². The van der Waals surface area contributed by atoms with Gasteiger partial charge in [0.25, 0.3) is 0 Å². The van der Waals surface area contributed by atoms with Crippen LogP contribution in [0.5, 0.6) is 0 Å². The van der Waals surface area contributed by atoms with Crippen molar-refractivity contribution in [3.63, 3.8) is 0 Å². The summed E-state index contributed by atoms with van der Waals surface area (Å²) in [6.07, 6.45) is 8.81. The number of aromatic amines is 2. The summed E-state index contributed by atoms with van der Waals surface area (Å²) in [5.74, 6) is -0.889. The number of halogens is 2. The van der Waals surface area contributed by atoms with Crippen molar-refractivity contribution in [3.05, 3.63) is 79.5 Å². The lowest BCUT2D eigenvalue weighted by molar-refractivity contribution is -0.394. The Morgan fingerprint density at radius 3 is 1.46 bits per heavy atom. The van der Waals surface area contributed by atoms with Crippen molar-refractivity contribution >= 4 is 56.1 Å². The van der Waals surface area contributed by atoms with E-state index in [-0.39, 0.29) is 0 Å². The molecule has 2 aliphatic rings. The Balaban J connectivity index is 1.72. The summed E-state index contributed by atoms with van der Waals surface area (Å²) in [5, 5.41) is 19.9. The van der Waals surface area contributed by atoms with Crippen LogP contribution >= 0.6 is 23.2 Å². The van der Waals surface area contributed by atoms with Crippen molar-refractivity contribution in [2.24, 2.45) is 0 Å². The normalized spacial score (nSPS) is 28.2. The number of H-pyrrole nitrogens is 2. The molecule has 4 unspecified atom stereocenters. The summed E-state index contributed by atoms with van der Waals surface area (Å²) >= 11 is 13.5. The fraction of sp³-hybridized carbons (Fsp3) is 0.364. The molecule has 4 rings (SSSR count). The maximum atomic E-state index is 14.4. The molecule has 0 saturated heterocycles. The maximum Gasteiger partial charge on any atom is 0.432 e. The molecule has 2 heterocycles. The molecule has 0 bridgehead atoms. The van der Waals surface area contributed by atoms with E-state index in [1.807, 2.05) is 0 Å². The fourth-order valence-corrected chi connectivity index (χ4v) is 8.41. The van der Waals surface area contributed by atoms with E-state index < -0.39 is 51.8 Å². The molecule has 2 aromatic heterocycles. The molecule has 0 radical (unpaired) electrons. The predicted octanol–water partition coefficient (Wildman–Crippen LogP) is 4.48. The van der Waals surface area contributed by atoms with Gasteiger partial charge in [0.15, 0.2) is 9.84 Å². The van der Waals surface area contributed by atoms with Crippen LogP contribution in [0, 0.1) is 20.2 Å². The Bertz CT molecular complexity index is 1450. The molecule has 2 aromatic rings. The number of aromatic nitrogens is 4. The van der Waals surface area contributed by atoms with Gasteiger partial charge in [0.1, 0.15) is 33.3 Å². The summed E-state index contributed by atoms with van der Waals surface area (Å²) in [6, 6.07) is 0. The number of hydrogen-bond acceptors (Lipinski definition) is 8. The first kappa shape index (κ1) is 26.8. The van der Waals surface area contributed by atoms with Crippen molar-refractivity contribution in [1.29, 1.82) is 0 Å². The Kier molecular flexibility index (Phi) is 6.46. The molecule has 0 aliphatic heterocycles. The zero-order chi connectivity index (χ0) is 27.5. The van der Waals surface area contributed by atoms with Crippen molar-refractivity contribution in [1.82, 2.24) is 19.9 Å². The number of sulfone groups is 1. The van der Waals surface area contributed by atoms with E-state index in [1.54, 1.807) is 26.0 Å². The molecule has 12 nitrogen and oxygen atoms in total. The zero-order valence-corrected chi connectivity index (χ0v) is 22.3. The largest absolute Gasteiger partial charge is 0.432 e. The number of nitrogens with zero attached hydrogens (tertiary/aromatic N) is 4. The summed E-state index contributed by atoms with van der Waals surface area (Å²) in [6.45, 7) is 6.30. The summed E-state index contributed by atoms with van der Waals surface area (Å²) in [7, 11) is -4.17. The third kappa shape index (κ3) is 3.92. The van der Waals surface area contributed by atoms with Gasteiger partial charge >= 0.3 is 11.9 Å². The fourth-order valence-electron chi connectivity index (χ4n) is 4.51. The molecule has 0 aromatic carbocycles. The van der Waals surface area contributed by atoms with Gasteiger partial charge in [0.2, 0.25) is 0 Å². The van der Waals surface area contributed by atoms with Gasteiger partial charge in [-0.15, -0.1) is 23.2 Å². The van der Waals surface area contributed by atoms with E-state index in [2.05, 4.69) is 19.9 Å². The zero-order valence-electron chi connectivity index (χ0n) is 20.0. The molecule has 2 aliphatic carbocycles. The van der Waals surface area contributed by atoms with Crippen LogP contribution < -0.4 is 0 Å². The number of nitro groups is 2. The van der Waals surface area contributed by atoms with Crippen LogP contribution in [0.25, 0.3) is 11.1 Å². The first-order valence-corrected chi connectivity index (χ1v) is 13.2. The number of imidazole rings is 2. The van der Waals surface area contributed by atoms with Crippen molar-refractivity contribution < 1.29 is 18.3 Å². The Morgan fingerprint density at radius 2 is 1.19 bits per heavy atom. The highest BCUT2D eigenvalue weighted by atomic mass is 35.5. The molecule has 0 fully saturated rings. The smallest absolute Gasteiger partial charge is 0.390 e. The number of alkyl halides is 2. The molecular formula is C22H22Cl2N6O6S. The SMILES string of the molecule is CC1=CC(c2cnc([N+](=O)[O-])[nH]2)=CC(Cl)C1(C)S(=O)(=O)C1(C)C(C)=CC(c2cnc([N+](=O)[O-])[nH]2)=CC1Cl. The second-order valence-electron chi connectivity index (χ2n) is 9.17. The standard InChI is InChI=1S/C22H22Cl2N6O6S/c1-11-5-13(15-9-25-19(27-15)29(31)32)7-17(23)21(11,3)37(35,36)22(4)12(2)6-14(8-18(22)24)16-10-26-20(28-16)30(33)34/h5-10,17-18H,1-4H3,(H,25,27)(H,26,28). The van der Waals surface area contributed by atoms with Crippen molar-refractivity contribution in [3.8, 4) is 0 Å². The topological polar surface area (TPSA) is 178 Å². The second-order valence-corrected chi connectivity index (χ2v) is 12.8. The van der Waals surface area contributed by atoms with E-state index in [0.717, 1.165) is 0 Å². The highest BCUT2D eigenvalue weighted by Gasteiger charge is 2.59. The quantitative estimate of drug-likeness (QED) is 0.290. The summed E-state index contributed by atoms with van der Waals surface area (Å²) in [4.78, 5) is 33.2. The lowest BCUT2D eigenvalue weighted by atomic mass is 9.87. The minimum Gasteiger partial charge on any atom is -0.390 e. The predicted molar refractivity (Wildman–Crippen MR) is 139 cm³/mol. The van der Waals surface area contributed by atoms with E-state index in [4.69, 9.17) is 23.2 Å². The Hall–Kier alpha value is -3.29. The number of hydrogen-bond donors (Lipinski definition) is 2. The minimum absolute atomic E-state index is 0.326. The van der Waals surface area contributed by atoms with Crippen LogP contribution in [0.2, 0.25) is 0 Å². The second kappa shape index (κ2) is 8.92. The van der Waals surface area contributed by atoms with Gasteiger partial charge in [-0.1, -0.05) is 34.3 Å². The summed E-state index contributed by atoms with van der Waals surface area (Å²) < 4.78 is 25.6. The van der Waals surface area contributed by atoms with Crippen LogP contribution in [-0.4, -0.2) is 58.4 Å². The molecule has 37 heavy (non-hydrogen) atoms. The van der Waals surface area contributed by atoms with Gasteiger partial charge in [-0.05, 0) is 48.7 Å². The van der Waals surface area contributed by atoms with Gasteiger partial charge in [-0.25, -0.2) is 18.4 Å². The van der Waals surface area contributed by atoms with Crippen molar-refractivity contribution in [2.75, 3.05) is 0 Å². The van der Waals surface area contributed by atoms with Crippen LogP contribution in [0.3, 0.4) is 0 Å². The number of rotatable bonds is 6. The molecular weight excluding hydrogens is 547 g/mol. The average molecular weight is 569 g/mol. The van der Waals surface area contributed by atoms with Crippen LogP contribution in [0.4, 0.5) is 11.9 Å². The third-order valence-electron chi connectivity index (χ3n) is 7.22. The van der Waals surface area contributed by atoms with Gasteiger partial charge in [-0.2, -0.15) is 0 Å². The van der Waals surface area contributed by atoms with Gasteiger partial charge in [-0.3, -0.25) is 0 Å². The third-order valence-corrected chi connectivity index (χ3v) is 12.0. The van der Waals surface area contributed by atoms with Crippen LogP contribution in [-0.2, 0) is 9.84 Å². The highest BCUT2D eigenvalue weighted by Crippen LogP contribution is 2.50. The van der Waals surface area contributed by atoms with Gasteiger partial charge in [0.05, 0.1) is 10.8 Å². The molecule has 0 amide bonds. The van der Waals surface area contributed by atoms with E-state index in [0.29, 0.717) is 33.7 Å². The molecule has 196 valence electrons. The monoisotopic (exact) mass is 568 g/mol. The van der Waals surface area contributed by atoms with E-state index >= 15 is 0 Å². The number of allylic oxidation sites excluding steroid dienone is 6. The van der Waals surface area contributed by atoms with Gasteiger partial charge in [0, 0.05) is 11.1 Å². The number of nitrogens with one attached hydrogen (secondary N) is 2. The lowest BCUT2D eigenvalue weighted by Crippen LogP contribution is -2.59. The Morgan fingerprint density at radius 1 is 0.838 bits per heavy atom. The van der Waals surface area contributed by atoms with Crippen molar-refractivity contribution in [2.45, 2.75) is 47.9 Å². The maximum absolute atomic E-state index is 14.4. The molecule has 15 heteroatoms. The van der Waals surface area contributed by atoms with E-state index in [1.165, 1.54) is 38.4 Å². The Labute approximate surface area is 221 Å². The van der Waals surface area contributed by atoms with Crippen LogP contribution in [0.1, 0.15) is 39.1 Å². The summed E-state index contributed by atoms with van der Waals surface area (Å²) in [5.41, 5.74) is 2.42. The first-order valence-electron chi connectivity index (χ1n) is 10.9. The van der Waals surface area contributed by atoms with Gasteiger partial charge < -0.3 is 20.2 Å².